The summed E-state index contributed by atoms with van der Waals surface area (Å²) < 4.78 is 0. The third-order valence-electron chi connectivity index (χ3n) is 3.64. The Morgan fingerprint density at radius 1 is 1.47 bits per heavy atom. The van der Waals surface area contributed by atoms with E-state index in [1.807, 2.05) is 19.0 Å². The Balaban J connectivity index is 2.18. The second-order valence-corrected chi connectivity index (χ2v) is 5.09. The highest BCUT2D eigenvalue weighted by Crippen LogP contribution is 2.25. The Morgan fingerprint density at radius 2 is 2.12 bits per heavy atom. The van der Waals surface area contributed by atoms with E-state index in [0.29, 0.717) is 13.0 Å². The lowest BCUT2D eigenvalue weighted by Gasteiger charge is -2.35. The zero-order valence-corrected chi connectivity index (χ0v) is 10.4. The number of aliphatic hydroxyl groups is 1. The summed E-state index contributed by atoms with van der Waals surface area (Å²) in [5.41, 5.74) is 0. The molecule has 0 aromatic carbocycles. The van der Waals surface area contributed by atoms with Crippen LogP contribution >= 0.6 is 0 Å². The van der Waals surface area contributed by atoms with Crippen LogP contribution in [-0.2, 0) is 9.59 Å². The van der Waals surface area contributed by atoms with Gasteiger partial charge in [0, 0.05) is 12.6 Å². The first-order valence-electron chi connectivity index (χ1n) is 5.87. The maximum absolute atomic E-state index is 12.1. The highest BCUT2D eigenvalue weighted by molar-refractivity contribution is 5.97. The number of nitrogens with zero attached hydrogens (tertiary/aromatic N) is 2. The van der Waals surface area contributed by atoms with Gasteiger partial charge >= 0.3 is 0 Å². The van der Waals surface area contributed by atoms with Gasteiger partial charge in [0.2, 0.25) is 11.8 Å². The molecule has 0 aromatic heterocycles. The number of amides is 2. The Hall–Kier alpha value is -1.14. The van der Waals surface area contributed by atoms with Crippen molar-refractivity contribution in [1.29, 1.82) is 0 Å². The molecule has 2 rings (SSSR count). The van der Waals surface area contributed by atoms with Crippen molar-refractivity contribution >= 4 is 11.8 Å². The van der Waals surface area contributed by atoms with Gasteiger partial charge in [0.25, 0.3) is 0 Å². The molecule has 2 heterocycles. The third-order valence-corrected chi connectivity index (χ3v) is 3.64. The van der Waals surface area contributed by atoms with Gasteiger partial charge in [-0.15, -0.1) is 0 Å². The van der Waals surface area contributed by atoms with Gasteiger partial charge in [0.1, 0.15) is 12.1 Å². The van der Waals surface area contributed by atoms with Gasteiger partial charge in [0.05, 0.1) is 6.10 Å². The molecule has 2 fully saturated rings. The summed E-state index contributed by atoms with van der Waals surface area (Å²) in [6.45, 7) is 2.08. The summed E-state index contributed by atoms with van der Waals surface area (Å²) in [5, 5.41) is 12.1. The van der Waals surface area contributed by atoms with Crippen molar-refractivity contribution in [3.63, 3.8) is 0 Å². The van der Waals surface area contributed by atoms with Crippen molar-refractivity contribution in [3.05, 3.63) is 0 Å². The van der Waals surface area contributed by atoms with Crippen LogP contribution in [0.4, 0.5) is 0 Å². The first-order chi connectivity index (χ1) is 7.91. The number of carbonyl (C=O) groups excluding carboxylic acids is 2. The van der Waals surface area contributed by atoms with Gasteiger partial charge in [-0.05, 0) is 27.4 Å². The molecular weight excluding hydrogens is 222 g/mol. The van der Waals surface area contributed by atoms with Crippen LogP contribution < -0.4 is 5.32 Å². The molecule has 0 saturated carbocycles. The molecule has 2 aliphatic rings. The molecule has 6 heteroatoms. The van der Waals surface area contributed by atoms with E-state index in [-0.39, 0.29) is 23.9 Å². The summed E-state index contributed by atoms with van der Waals surface area (Å²) in [6.07, 6.45) is -0.192. The highest BCUT2D eigenvalue weighted by Gasteiger charge is 2.47. The Bertz CT molecular complexity index is 343. The fourth-order valence-electron chi connectivity index (χ4n) is 2.50. The van der Waals surface area contributed by atoms with Gasteiger partial charge in [-0.3, -0.25) is 9.59 Å². The van der Waals surface area contributed by atoms with E-state index in [9.17, 15) is 14.7 Å². The minimum atomic E-state index is -0.856. The van der Waals surface area contributed by atoms with Crippen LogP contribution in [0.25, 0.3) is 0 Å². The van der Waals surface area contributed by atoms with E-state index < -0.39 is 12.1 Å². The van der Waals surface area contributed by atoms with Gasteiger partial charge < -0.3 is 20.2 Å². The summed E-state index contributed by atoms with van der Waals surface area (Å²) >= 11 is 0. The number of piperazine rings is 1. The zero-order chi connectivity index (χ0) is 12.7. The second-order valence-electron chi connectivity index (χ2n) is 5.09. The molecule has 0 bridgehead atoms. The van der Waals surface area contributed by atoms with Crippen molar-refractivity contribution in [2.45, 2.75) is 37.6 Å². The van der Waals surface area contributed by atoms with Crippen molar-refractivity contribution in [1.82, 2.24) is 15.1 Å². The fourth-order valence-corrected chi connectivity index (χ4v) is 2.50. The number of rotatable bonds is 2. The molecular formula is C11H19N3O3. The van der Waals surface area contributed by atoms with Gasteiger partial charge in [0.15, 0.2) is 0 Å². The predicted octanol–water partition coefficient (Wildman–Crippen LogP) is -1.60. The number of fused-ring (bicyclic) bond motifs is 1. The number of carbonyl (C=O) groups is 2. The van der Waals surface area contributed by atoms with Gasteiger partial charge in [-0.2, -0.15) is 0 Å². The van der Waals surface area contributed by atoms with E-state index >= 15 is 0 Å². The molecule has 2 saturated heterocycles. The number of hydrogen-bond donors (Lipinski definition) is 2. The van der Waals surface area contributed by atoms with Gasteiger partial charge in [-0.25, -0.2) is 0 Å². The predicted molar refractivity (Wildman–Crippen MR) is 61.2 cm³/mol. The smallest absolute Gasteiger partial charge is 0.248 e. The Labute approximate surface area is 101 Å². The summed E-state index contributed by atoms with van der Waals surface area (Å²) in [5.74, 6) is -0.325. The fraction of sp³-hybridized carbons (Fsp3) is 0.818. The molecule has 96 valence electrons. The second kappa shape index (κ2) is 4.27. The average molecular weight is 241 g/mol. The molecule has 0 radical (unpaired) electrons. The van der Waals surface area contributed by atoms with Crippen molar-refractivity contribution in [2.75, 3.05) is 20.6 Å². The molecule has 0 unspecified atom stereocenters. The zero-order valence-electron chi connectivity index (χ0n) is 10.4. The average Bonchev–Trinajstić information content (AvgIpc) is 2.68. The summed E-state index contributed by atoms with van der Waals surface area (Å²) in [6, 6.07) is -0.952. The largest absolute Gasteiger partial charge is 0.391 e. The molecule has 17 heavy (non-hydrogen) atoms. The van der Waals surface area contributed by atoms with Gasteiger partial charge in [-0.1, -0.05) is 0 Å². The number of nitrogens with one attached hydrogen (secondary N) is 1. The lowest BCUT2D eigenvalue weighted by molar-refractivity contribution is -0.149. The number of likely N-dealkylation sites (N-methyl/N-ethyl adjacent to an activating group) is 1. The number of hydrogen-bond acceptors (Lipinski definition) is 4. The quantitative estimate of drug-likeness (QED) is 0.610. The van der Waals surface area contributed by atoms with E-state index in [2.05, 4.69) is 5.32 Å². The monoisotopic (exact) mass is 241 g/mol. The van der Waals surface area contributed by atoms with E-state index in [1.165, 1.54) is 6.92 Å². The normalized spacial score (nSPS) is 34.9. The van der Waals surface area contributed by atoms with E-state index in [0.717, 1.165) is 0 Å². The van der Waals surface area contributed by atoms with Crippen LogP contribution in [-0.4, -0.2) is 71.6 Å². The van der Waals surface area contributed by atoms with Crippen LogP contribution in [0.2, 0.25) is 0 Å². The molecule has 0 aromatic rings. The van der Waals surface area contributed by atoms with Crippen LogP contribution in [0.3, 0.4) is 0 Å². The van der Waals surface area contributed by atoms with E-state index in [1.54, 1.807) is 4.90 Å². The standard InChI is InChI=1S/C11H19N3O3/c1-6(15)9-11(17)14-5-7(13(2)3)4-8(14)10(16)12-9/h6-9,15H,4-5H2,1-3H3,(H,12,16)/t6-,7-,8+,9+/m1/s1. The first kappa shape index (κ1) is 12.3. The maximum Gasteiger partial charge on any atom is 0.248 e. The van der Waals surface area contributed by atoms with Crippen LogP contribution in [0, 0.1) is 0 Å². The SMILES string of the molecule is C[C@@H](O)[C@@H]1NC(=O)[C@@H]2C[C@@H](N(C)C)CN2C1=O. The molecule has 6 nitrogen and oxygen atoms in total. The number of aliphatic hydroxyl groups excluding tert-OH is 1. The maximum atomic E-state index is 12.1. The minimum Gasteiger partial charge on any atom is -0.391 e. The van der Waals surface area contributed by atoms with E-state index in [4.69, 9.17) is 0 Å². The Kier molecular flexibility index (Phi) is 3.09. The first-order valence-corrected chi connectivity index (χ1v) is 5.87. The lowest BCUT2D eigenvalue weighted by Crippen LogP contribution is -2.64. The van der Waals surface area contributed by atoms with Crippen molar-refractivity contribution in [2.24, 2.45) is 0 Å². The van der Waals surface area contributed by atoms with Crippen LogP contribution in [0.5, 0.6) is 0 Å². The molecule has 2 N–H and O–H groups in total. The minimum absolute atomic E-state index is 0.153. The molecule has 2 aliphatic heterocycles. The van der Waals surface area contributed by atoms with Crippen molar-refractivity contribution < 1.29 is 14.7 Å². The molecule has 0 aliphatic carbocycles. The summed E-state index contributed by atoms with van der Waals surface area (Å²) in [4.78, 5) is 27.6. The molecule has 2 amide bonds. The topological polar surface area (TPSA) is 72.9 Å². The lowest BCUT2D eigenvalue weighted by atomic mass is 10.0. The van der Waals surface area contributed by atoms with Crippen LogP contribution in [0.1, 0.15) is 13.3 Å². The summed E-state index contributed by atoms with van der Waals surface area (Å²) in [7, 11) is 3.88. The van der Waals surface area contributed by atoms with Crippen molar-refractivity contribution in [3.8, 4) is 0 Å². The Morgan fingerprint density at radius 3 is 2.65 bits per heavy atom. The third kappa shape index (κ3) is 2.02. The highest BCUT2D eigenvalue weighted by atomic mass is 16.3. The molecule has 0 spiro atoms. The molecule has 4 atom stereocenters. The van der Waals surface area contributed by atoms with Crippen LogP contribution in [0.15, 0.2) is 0 Å².